The van der Waals surface area contributed by atoms with E-state index in [0.29, 0.717) is 6.61 Å². The molecule has 1 saturated heterocycles. The lowest BCUT2D eigenvalue weighted by atomic mass is 10.2. The molecule has 0 aliphatic carbocycles. The number of rotatable bonds is 10. The maximum absolute atomic E-state index is 5.71. The Morgan fingerprint density at radius 3 is 2.28 bits per heavy atom. The van der Waals surface area contributed by atoms with Gasteiger partial charge in [-0.3, -0.25) is 0 Å². The Labute approximate surface area is 110 Å². The Morgan fingerprint density at radius 2 is 1.89 bits per heavy atom. The normalized spacial score (nSPS) is 22.6. The number of hydrogen-bond donors (Lipinski definition) is 0. The van der Waals surface area contributed by atoms with Crippen LogP contribution in [0.15, 0.2) is 12.7 Å². The van der Waals surface area contributed by atoms with E-state index in [0.717, 1.165) is 13.0 Å². The molecule has 3 atom stereocenters. The lowest BCUT2D eigenvalue weighted by Gasteiger charge is -2.31. The minimum atomic E-state index is -2.68. The molecule has 0 amide bonds. The molecule has 1 aliphatic heterocycles. The van der Waals surface area contributed by atoms with Crippen molar-refractivity contribution in [2.45, 2.75) is 31.1 Å². The second kappa shape index (κ2) is 7.37. The molecule has 1 aliphatic rings. The zero-order valence-corrected chi connectivity index (χ0v) is 12.7. The second-order valence-corrected chi connectivity index (χ2v) is 7.57. The van der Waals surface area contributed by atoms with E-state index < -0.39 is 8.80 Å². The highest BCUT2D eigenvalue weighted by Gasteiger charge is 2.46. The van der Waals surface area contributed by atoms with Crippen LogP contribution in [0.1, 0.15) is 13.3 Å². The van der Waals surface area contributed by atoms with Gasteiger partial charge in [0, 0.05) is 26.9 Å². The molecule has 0 aromatic heterocycles. The maximum Gasteiger partial charge on any atom is 0.507 e. The van der Waals surface area contributed by atoms with Gasteiger partial charge in [0.05, 0.1) is 19.3 Å². The van der Waals surface area contributed by atoms with Crippen LogP contribution in [-0.4, -0.2) is 55.6 Å². The van der Waals surface area contributed by atoms with Crippen LogP contribution in [0.25, 0.3) is 0 Å². The van der Waals surface area contributed by atoms with Gasteiger partial charge in [-0.1, -0.05) is 6.08 Å². The van der Waals surface area contributed by atoms with Crippen LogP contribution in [0.2, 0.25) is 5.54 Å². The van der Waals surface area contributed by atoms with E-state index in [1.807, 2.05) is 13.0 Å². The van der Waals surface area contributed by atoms with E-state index in [9.17, 15) is 0 Å². The first kappa shape index (κ1) is 15.8. The number of allylic oxidation sites excluding steroid dienone is 1. The van der Waals surface area contributed by atoms with Gasteiger partial charge in [-0.15, -0.1) is 6.58 Å². The molecular formula is C12H24O5Si. The van der Waals surface area contributed by atoms with Crippen molar-refractivity contribution in [1.82, 2.24) is 0 Å². The maximum atomic E-state index is 5.71. The summed E-state index contributed by atoms with van der Waals surface area (Å²) in [5, 5.41) is 0. The summed E-state index contributed by atoms with van der Waals surface area (Å²) < 4.78 is 27.2. The van der Waals surface area contributed by atoms with Crippen LogP contribution < -0.4 is 0 Å². The van der Waals surface area contributed by atoms with Crippen LogP contribution in [0.4, 0.5) is 0 Å². The fourth-order valence-corrected chi connectivity index (χ4v) is 4.27. The molecule has 106 valence electrons. The summed E-state index contributed by atoms with van der Waals surface area (Å²) in [4.78, 5) is 0. The van der Waals surface area contributed by atoms with Crippen LogP contribution in [-0.2, 0) is 22.8 Å². The van der Waals surface area contributed by atoms with E-state index in [1.165, 1.54) is 0 Å². The van der Waals surface area contributed by atoms with Gasteiger partial charge in [0.25, 0.3) is 0 Å². The summed E-state index contributed by atoms with van der Waals surface area (Å²) in [6.07, 6.45) is 2.96. The summed E-state index contributed by atoms with van der Waals surface area (Å²) in [6.45, 7) is 7.33. The highest BCUT2D eigenvalue weighted by Crippen LogP contribution is 2.30. The molecule has 1 heterocycles. The number of hydrogen-bond acceptors (Lipinski definition) is 5. The van der Waals surface area contributed by atoms with Crippen molar-refractivity contribution in [2.75, 3.05) is 34.5 Å². The Bertz CT molecular complexity index is 245. The predicted octanol–water partition coefficient (Wildman–Crippen LogP) is 1.61. The molecular weight excluding hydrogens is 252 g/mol. The van der Waals surface area contributed by atoms with E-state index in [4.69, 9.17) is 22.8 Å². The third-order valence-electron chi connectivity index (χ3n) is 3.15. The first-order chi connectivity index (χ1) is 8.61. The quantitative estimate of drug-likeness (QED) is 0.345. The van der Waals surface area contributed by atoms with Gasteiger partial charge in [-0.25, -0.2) is 0 Å². The summed E-state index contributed by atoms with van der Waals surface area (Å²) in [5.41, 5.74) is 0.0209. The summed E-state index contributed by atoms with van der Waals surface area (Å²) in [6, 6.07) is 0. The molecule has 0 aromatic rings. The fourth-order valence-electron chi connectivity index (χ4n) is 1.95. The average molecular weight is 276 g/mol. The van der Waals surface area contributed by atoms with Crippen LogP contribution >= 0.6 is 0 Å². The van der Waals surface area contributed by atoms with Crippen molar-refractivity contribution in [1.29, 1.82) is 0 Å². The van der Waals surface area contributed by atoms with Crippen LogP contribution in [0, 0.1) is 0 Å². The van der Waals surface area contributed by atoms with Crippen LogP contribution in [0.3, 0.4) is 0 Å². The minimum Gasteiger partial charge on any atom is -0.376 e. The average Bonchev–Trinajstić information content (AvgIpc) is 3.21. The molecule has 0 saturated carbocycles. The summed E-state index contributed by atoms with van der Waals surface area (Å²) >= 11 is 0. The molecule has 0 spiro atoms. The lowest BCUT2D eigenvalue weighted by Crippen LogP contribution is -2.48. The van der Waals surface area contributed by atoms with E-state index in [-0.39, 0.29) is 17.7 Å². The molecule has 0 aromatic carbocycles. The predicted molar refractivity (Wildman–Crippen MR) is 70.5 cm³/mol. The molecule has 1 fully saturated rings. The first-order valence-corrected chi connectivity index (χ1v) is 7.93. The molecule has 1 rings (SSSR count). The Balaban J connectivity index is 2.49. The third-order valence-corrected chi connectivity index (χ3v) is 6.23. The third kappa shape index (κ3) is 4.15. The zero-order valence-electron chi connectivity index (χ0n) is 11.7. The Morgan fingerprint density at radius 1 is 1.33 bits per heavy atom. The molecule has 0 bridgehead atoms. The second-order valence-electron chi connectivity index (χ2n) is 4.39. The standard InChI is InChI=1S/C12H24O5Si/c1-6-12(18(13-3,14-4)15-5)7-10(2)16-8-11-9-17-11/h6,10-12H,1,7-9H2,2-5H3. The van der Waals surface area contributed by atoms with Gasteiger partial charge in [-0.2, -0.15) is 0 Å². The van der Waals surface area contributed by atoms with Gasteiger partial charge >= 0.3 is 8.80 Å². The Hall–Kier alpha value is -0.243. The zero-order chi connectivity index (χ0) is 13.6. The lowest BCUT2D eigenvalue weighted by molar-refractivity contribution is 0.0414. The molecule has 0 radical (unpaired) electrons. The van der Waals surface area contributed by atoms with Crippen LogP contribution in [0.5, 0.6) is 0 Å². The fraction of sp³-hybridized carbons (Fsp3) is 0.833. The number of epoxide rings is 1. The van der Waals surface area contributed by atoms with Crippen molar-refractivity contribution >= 4 is 8.80 Å². The van der Waals surface area contributed by atoms with E-state index >= 15 is 0 Å². The molecule has 5 nitrogen and oxygen atoms in total. The molecule has 3 unspecified atom stereocenters. The summed E-state index contributed by atoms with van der Waals surface area (Å²) in [7, 11) is 2.15. The Kier molecular flexibility index (Phi) is 6.48. The minimum absolute atomic E-state index is 0.0209. The SMILES string of the molecule is C=CC(CC(C)OCC1CO1)[Si](OC)(OC)OC. The van der Waals surface area contributed by atoms with Crippen molar-refractivity contribution < 1.29 is 22.8 Å². The molecule has 18 heavy (non-hydrogen) atoms. The number of ether oxygens (including phenoxy) is 2. The van der Waals surface area contributed by atoms with E-state index in [1.54, 1.807) is 21.3 Å². The van der Waals surface area contributed by atoms with E-state index in [2.05, 4.69) is 6.58 Å². The monoisotopic (exact) mass is 276 g/mol. The van der Waals surface area contributed by atoms with Crippen molar-refractivity contribution in [2.24, 2.45) is 0 Å². The largest absolute Gasteiger partial charge is 0.507 e. The highest BCUT2D eigenvalue weighted by atomic mass is 28.4. The molecule has 0 N–H and O–H groups in total. The smallest absolute Gasteiger partial charge is 0.376 e. The summed E-state index contributed by atoms with van der Waals surface area (Å²) in [5.74, 6) is 0. The highest BCUT2D eigenvalue weighted by molar-refractivity contribution is 6.62. The van der Waals surface area contributed by atoms with Gasteiger partial charge in [0.15, 0.2) is 0 Å². The van der Waals surface area contributed by atoms with Crippen molar-refractivity contribution in [3.63, 3.8) is 0 Å². The van der Waals surface area contributed by atoms with Crippen molar-refractivity contribution in [3.8, 4) is 0 Å². The van der Waals surface area contributed by atoms with Crippen molar-refractivity contribution in [3.05, 3.63) is 12.7 Å². The first-order valence-electron chi connectivity index (χ1n) is 6.13. The van der Waals surface area contributed by atoms with Gasteiger partial charge in [-0.05, 0) is 13.3 Å². The molecule has 6 heteroatoms. The van der Waals surface area contributed by atoms with Gasteiger partial charge < -0.3 is 22.8 Å². The van der Waals surface area contributed by atoms with Gasteiger partial charge in [0.2, 0.25) is 0 Å². The van der Waals surface area contributed by atoms with Gasteiger partial charge in [0.1, 0.15) is 6.10 Å². The topological polar surface area (TPSA) is 49.5 Å².